The van der Waals surface area contributed by atoms with Crippen molar-refractivity contribution in [2.45, 2.75) is 117 Å². The number of aryl methyl sites for hydroxylation is 2. The van der Waals surface area contributed by atoms with Crippen LogP contribution in [0.3, 0.4) is 0 Å². The molecule has 2 aromatic rings. The van der Waals surface area contributed by atoms with Crippen LogP contribution in [0.5, 0.6) is 0 Å². The molecule has 2 nitrogen and oxygen atoms in total. The Kier molecular flexibility index (Phi) is 11.3. The Morgan fingerprint density at radius 1 is 0.758 bits per heavy atom. The highest BCUT2D eigenvalue weighted by atomic mass is 19.1. The maximum atomic E-state index is 14.8. The van der Waals surface area contributed by atoms with Gasteiger partial charge in [0.25, 0.3) is 0 Å². The van der Waals surface area contributed by atoms with E-state index in [0.29, 0.717) is 11.4 Å². The Labute approximate surface area is 201 Å². The first-order chi connectivity index (χ1) is 16.2. The van der Waals surface area contributed by atoms with Crippen molar-refractivity contribution < 1.29 is 4.39 Å². The Bertz CT molecular complexity index is 793. The SMILES string of the molecule is CCCCCCCCCc1ccc(-c2cnc(CC[C@H]3CC[C@H](CCC)CC3)nc2F)cc1. The van der Waals surface area contributed by atoms with E-state index in [0.717, 1.165) is 36.7 Å². The van der Waals surface area contributed by atoms with Gasteiger partial charge in [0.15, 0.2) is 0 Å². The largest absolute Gasteiger partial charge is 0.241 e. The van der Waals surface area contributed by atoms with E-state index >= 15 is 0 Å². The molecule has 0 aliphatic heterocycles. The molecule has 33 heavy (non-hydrogen) atoms. The minimum Gasteiger partial charge on any atom is -0.241 e. The molecule has 0 spiro atoms. The van der Waals surface area contributed by atoms with Gasteiger partial charge in [-0.05, 0) is 42.2 Å². The molecule has 1 aliphatic rings. The molecule has 1 fully saturated rings. The van der Waals surface area contributed by atoms with Gasteiger partial charge in [-0.2, -0.15) is 4.39 Å². The zero-order valence-corrected chi connectivity index (χ0v) is 21.1. The van der Waals surface area contributed by atoms with Crippen molar-refractivity contribution in [2.75, 3.05) is 0 Å². The van der Waals surface area contributed by atoms with Gasteiger partial charge in [-0.25, -0.2) is 9.97 Å². The van der Waals surface area contributed by atoms with Crippen LogP contribution in [0.2, 0.25) is 0 Å². The molecule has 0 N–H and O–H groups in total. The van der Waals surface area contributed by atoms with Crippen LogP contribution in [-0.4, -0.2) is 9.97 Å². The van der Waals surface area contributed by atoms with Crippen LogP contribution in [0.15, 0.2) is 30.5 Å². The summed E-state index contributed by atoms with van der Waals surface area (Å²) in [5.74, 6) is 1.96. The smallest absolute Gasteiger partial charge is 0.224 e. The van der Waals surface area contributed by atoms with E-state index < -0.39 is 0 Å². The first-order valence-corrected chi connectivity index (χ1v) is 13.8. The zero-order valence-electron chi connectivity index (χ0n) is 21.1. The van der Waals surface area contributed by atoms with Crippen molar-refractivity contribution in [3.05, 3.63) is 47.8 Å². The van der Waals surface area contributed by atoms with Gasteiger partial charge < -0.3 is 0 Å². The maximum Gasteiger partial charge on any atom is 0.224 e. The lowest BCUT2D eigenvalue weighted by atomic mass is 9.78. The van der Waals surface area contributed by atoms with Crippen LogP contribution >= 0.6 is 0 Å². The zero-order chi connectivity index (χ0) is 23.3. The average Bonchev–Trinajstić information content (AvgIpc) is 2.84. The molecule has 1 aromatic heterocycles. The number of unbranched alkanes of at least 4 members (excludes halogenated alkanes) is 6. The summed E-state index contributed by atoms with van der Waals surface area (Å²) < 4.78 is 14.8. The number of rotatable bonds is 14. The Morgan fingerprint density at radius 3 is 2.03 bits per heavy atom. The molecule has 0 atom stereocenters. The summed E-state index contributed by atoms with van der Waals surface area (Å²) in [6.45, 7) is 4.55. The van der Waals surface area contributed by atoms with Gasteiger partial charge in [-0.15, -0.1) is 0 Å². The molecular weight excluding hydrogens is 407 g/mol. The summed E-state index contributed by atoms with van der Waals surface area (Å²) in [5.41, 5.74) is 2.72. The molecule has 1 aliphatic carbocycles. The van der Waals surface area contributed by atoms with Crippen molar-refractivity contribution in [1.82, 2.24) is 9.97 Å². The van der Waals surface area contributed by atoms with Crippen LogP contribution in [0.1, 0.15) is 115 Å². The summed E-state index contributed by atoms with van der Waals surface area (Å²) in [6.07, 6.45) is 22.0. The summed E-state index contributed by atoms with van der Waals surface area (Å²) in [5, 5.41) is 0. The molecule has 0 saturated heterocycles. The predicted molar refractivity (Wildman–Crippen MR) is 138 cm³/mol. The van der Waals surface area contributed by atoms with Crippen molar-refractivity contribution >= 4 is 0 Å². The fraction of sp³-hybridized carbons (Fsp3) is 0.667. The summed E-state index contributed by atoms with van der Waals surface area (Å²) in [4.78, 5) is 8.72. The minimum atomic E-state index is -0.383. The third kappa shape index (κ3) is 8.83. The third-order valence-electron chi connectivity index (χ3n) is 7.57. The van der Waals surface area contributed by atoms with Crippen LogP contribution in [-0.2, 0) is 12.8 Å². The summed E-state index contributed by atoms with van der Waals surface area (Å²) in [7, 11) is 0. The summed E-state index contributed by atoms with van der Waals surface area (Å²) in [6, 6.07) is 8.31. The van der Waals surface area contributed by atoms with Gasteiger partial charge >= 0.3 is 0 Å². The van der Waals surface area contributed by atoms with Crippen molar-refractivity contribution in [3.63, 3.8) is 0 Å². The first kappa shape index (κ1) is 25.8. The van der Waals surface area contributed by atoms with E-state index in [2.05, 4.69) is 35.9 Å². The molecule has 0 unspecified atom stereocenters. The second-order valence-electron chi connectivity index (χ2n) is 10.3. The number of halogens is 1. The van der Waals surface area contributed by atoms with E-state index in [1.807, 2.05) is 12.1 Å². The molecule has 0 amide bonds. The average molecular weight is 453 g/mol. The van der Waals surface area contributed by atoms with E-state index in [4.69, 9.17) is 0 Å². The Morgan fingerprint density at radius 2 is 1.39 bits per heavy atom. The molecule has 1 aromatic carbocycles. The molecule has 182 valence electrons. The molecule has 0 radical (unpaired) electrons. The van der Waals surface area contributed by atoms with E-state index in [-0.39, 0.29) is 5.95 Å². The first-order valence-electron chi connectivity index (χ1n) is 13.8. The number of nitrogens with zero attached hydrogens (tertiary/aromatic N) is 2. The van der Waals surface area contributed by atoms with E-state index in [1.54, 1.807) is 6.20 Å². The highest BCUT2D eigenvalue weighted by Crippen LogP contribution is 2.33. The fourth-order valence-corrected chi connectivity index (χ4v) is 5.40. The van der Waals surface area contributed by atoms with Crippen molar-refractivity contribution in [3.8, 4) is 11.1 Å². The monoisotopic (exact) mass is 452 g/mol. The van der Waals surface area contributed by atoms with Crippen LogP contribution in [0.25, 0.3) is 11.1 Å². The molecule has 3 rings (SSSR count). The van der Waals surface area contributed by atoms with Gasteiger partial charge in [0.1, 0.15) is 5.82 Å². The second kappa shape index (κ2) is 14.5. The Hall–Kier alpha value is -1.77. The number of aromatic nitrogens is 2. The third-order valence-corrected chi connectivity index (χ3v) is 7.57. The molecule has 3 heteroatoms. The maximum absolute atomic E-state index is 14.8. The van der Waals surface area contributed by atoms with Gasteiger partial charge in [-0.1, -0.05) is 115 Å². The highest BCUT2D eigenvalue weighted by molar-refractivity contribution is 5.62. The molecule has 0 bridgehead atoms. The van der Waals surface area contributed by atoms with E-state index in [1.165, 1.54) is 89.0 Å². The van der Waals surface area contributed by atoms with E-state index in [9.17, 15) is 4.39 Å². The lowest BCUT2D eigenvalue weighted by molar-refractivity contribution is 0.251. The standard InChI is InChI=1S/C30H45FN2/c1-3-5-6-7-8-9-10-12-25-17-20-27(21-18-25)28-23-32-29(33-30(28)31)22-19-26-15-13-24(11-4-2)14-16-26/h17-18,20-21,23-24,26H,3-16,19,22H2,1-2H3/t24-,26-. The highest BCUT2D eigenvalue weighted by Gasteiger charge is 2.21. The normalized spacial score (nSPS) is 18.5. The molecule has 1 saturated carbocycles. The van der Waals surface area contributed by atoms with Crippen LogP contribution in [0, 0.1) is 17.8 Å². The lowest BCUT2D eigenvalue weighted by Gasteiger charge is -2.28. The van der Waals surface area contributed by atoms with Gasteiger partial charge in [-0.3, -0.25) is 0 Å². The van der Waals surface area contributed by atoms with Crippen molar-refractivity contribution in [1.29, 1.82) is 0 Å². The Balaban J connectivity index is 1.42. The van der Waals surface area contributed by atoms with Gasteiger partial charge in [0.05, 0.1) is 5.56 Å². The summed E-state index contributed by atoms with van der Waals surface area (Å²) >= 11 is 0. The van der Waals surface area contributed by atoms with Crippen molar-refractivity contribution in [2.24, 2.45) is 11.8 Å². The topological polar surface area (TPSA) is 25.8 Å². The molecular formula is C30H45FN2. The second-order valence-corrected chi connectivity index (χ2v) is 10.3. The van der Waals surface area contributed by atoms with Crippen LogP contribution < -0.4 is 0 Å². The van der Waals surface area contributed by atoms with Crippen LogP contribution in [0.4, 0.5) is 4.39 Å². The van der Waals surface area contributed by atoms with Gasteiger partial charge in [0, 0.05) is 12.6 Å². The number of benzene rings is 1. The lowest BCUT2D eigenvalue weighted by Crippen LogP contribution is -2.15. The fourth-order valence-electron chi connectivity index (χ4n) is 5.40. The predicted octanol–water partition coefficient (Wildman–Crippen LogP) is 9.11. The quantitative estimate of drug-likeness (QED) is 0.211. The number of hydrogen-bond donors (Lipinski definition) is 0. The number of hydrogen-bond acceptors (Lipinski definition) is 2. The molecule has 1 heterocycles. The minimum absolute atomic E-state index is 0.383. The van der Waals surface area contributed by atoms with Gasteiger partial charge in [0.2, 0.25) is 5.95 Å².